The van der Waals surface area contributed by atoms with Crippen LogP contribution in [0.1, 0.15) is 39.9 Å². The van der Waals surface area contributed by atoms with Gasteiger partial charge in [-0.2, -0.15) is 0 Å². The van der Waals surface area contributed by atoms with Gasteiger partial charge >= 0.3 is 0 Å². The summed E-state index contributed by atoms with van der Waals surface area (Å²) in [5, 5.41) is 2.52. The first-order chi connectivity index (χ1) is 13.3. The maximum absolute atomic E-state index is 12.2. The van der Waals surface area contributed by atoms with E-state index in [-0.39, 0.29) is 5.41 Å². The summed E-state index contributed by atoms with van der Waals surface area (Å²) >= 11 is 0. The van der Waals surface area contributed by atoms with Crippen LogP contribution in [0.4, 0.5) is 0 Å². The van der Waals surface area contributed by atoms with Gasteiger partial charge in [0.05, 0.1) is 5.56 Å². The summed E-state index contributed by atoms with van der Waals surface area (Å²) in [5.74, 6) is 2.97. The van der Waals surface area contributed by atoms with Crippen molar-refractivity contribution in [2.45, 2.75) is 37.9 Å². The minimum atomic E-state index is -1.60. The zero-order valence-corrected chi connectivity index (χ0v) is 17.7. The second-order valence-corrected chi connectivity index (χ2v) is 13.5. The van der Waals surface area contributed by atoms with E-state index in [1.54, 1.807) is 6.07 Å². The summed E-state index contributed by atoms with van der Waals surface area (Å²) in [6, 6.07) is 20.9. The molecule has 1 saturated carbocycles. The Morgan fingerprint density at radius 3 is 2.25 bits per heavy atom. The van der Waals surface area contributed by atoms with Gasteiger partial charge in [-0.05, 0) is 40.8 Å². The first-order valence-electron chi connectivity index (χ1n) is 9.77. The molecular formula is C25H25NOSi. The molecule has 0 radical (unpaired) electrons. The Balaban J connectivity index is 1.97. The minimum absolute atomic E-state index is 0.0875. The standard InChI is InChI=1S/C25H25NOSi/c1-28(2,3)17-14-20-21(24(26)27)11-7-13-23(20)25(15-16-25)22-12-6-9-18-8-4-5-10-19(18)22/h4-13H,15-16H2,1-3H3,(H2,26,27). The molecule has 0 spiro atoms. The number of fused-ring (bicyclic) bond motifs is 1. The Labute approximate surface area is 167 Å². The van der Waals surface area contributed by atoms with Crippen LogP contribution in [0.25, 0.3) is 10.8 Å². The van der Waals surface area contributed by atoms with Gasteiger partial charge in [-0.3, -0.25) is 4.79 Å². The number of benzene rings is 3. The smallest absolute Gasteiger partial charge is 0.249 e. The van der Waals surface area contributed by atoms with Crippen LogP contribution in [0.3, 0.4) is 0 Å². The molecule has 3 aromatic rings. The molecule has 0 heterocycles. The molecule has 1 fully saturated rings. The Bertz CT molecular complexity index is 1140. The molecule has 3 heteroatoms. The van der Waals surface area contributed by atoms with Crippen LogP contribution < -0.4 is 5.73 Å². The molecule has 3 aromatic carbocycles. The Morgan fingerprint density at radius 2 is 1.57 bits per heavy atom. The second-order valence-electron chi connectivity index (χ2n) is 8.70. The van der Waals surface area contributed by atoms with Gasteiger partial charge in [0.1, 0.15) is 8.07 Å². The quantitative estimate of drug-likeness (QED) is 0.487. The molecule has 2 nitrogen and oxygen atoms in total. The Morgan fingerprint density at radius 1 is 0.929 bits per heavy atom. The zero-order valence-electron chi connectivity index (χ0n) is 16.7. The third-order valence-electron chi connectivity index (χ3n) is 5.46. The lowest BCUT2D eigenvalue weighted by molar-refractivity contribution is 0.1000. The van der Waals surface area contributed by atoms with E-state index in [9.17, 15) is 4.79 Å². The van der Waals surface area contributed by atoms with E-state index in [4.69, 9.17) is 5.73 Å². The predicted octanol–water partition coefficient (Wildman–Crippen LogP) is 5.25. The highest BCUT2D eigenvalue weighted by atomic mass is 28.3. The lowest BCUT2D eigenvalue weighted by Gasteiger charge is -2.22. The number of amides is 1. The number of carbonyl (C=O) groups is 1. The van der Waals surface area contributed by atoms with Crippen LogP contribution in [-0.2, 0) is 5.41 Å². The van der Waals surface area contributed by atoms with Crippen molar-refractivity contribution < 1.29 is 4.79 Å². The SMILES string of the molecule is C[Si](C)(C)C#Cc1c(C(N)=O)cccc1C1(c2cccc3ccccc23)CC1. The zero-order chi connectivity index (χ0) is 19.9. The van der Waals surface area contributed by atoms with Gasteiger partial charge in [0.2, 0.25) is 5.91 Å². The average Bonchev–Trinajstić information content (AvgIpc) is 3.46. The highest BCUT2D eigenvalue weighted by Crippen LogP contribution is 2.56. The lowest BCUT2D eigenvalue weighted by atomic mass is 9.81. The summed E-state index contributed by atoms with van der Waals surface area (Å²) in [7, 11) is -1.60. The lowest BCUT2D eigenvalue weighted by Crippen LogP contribution is -2.20. The fourth-order valence-corrected chi connectivity index (χ4v) is 4.49. The van der Waals surface area contributed by atoms with Crippen LogP contribution in [0.15, 0.2) is 60.7 Å². The molecule has 0 saturated heterocycles. The van der Waals surface area contributed by atoms with Crippen LogP contribution in [0, 0.1) is 11.5 Å². The van der Waals surface area contributed by atoms with Crippen molar-refractivity contribution in [3.05, 3.63) is 82.9 Å². The third kappa shape index (κ3) is 3.25. The van der Waals surface area contributed by atoms with Gasteiger partial charge in [-0.15, -0.1) is 5.54 Å². The number of hydrogen-bond donors (Lipinski definition) is 1. The summed E-state index contributed by atoms with van der Waals surface area (Å²) in [4.78, 5) is 12.2. The molecular weight excluding hydrogens is 358 g/mol. The van der Waals surface area contributed by atoms with Gasteiger partial charge in [0, 0.05) is 11.0 Å². The van der Waals surface area contributed by atoms with E-state index >= 15 is 0 Å². The molecule has 0 aromatic heterocycles. The van der Waals surface area contributed by atoms with Crippen LogP contribution >= 0.6 is 0 Å². The predicted molar refractivity (Wildman–Crippen MR) is 119 cm³/mol. The number of nitrogens with two attached hydrogens (primary N) is 1. The van der Waals surface area contributed by atoms with Crippen LogP contribution in [0.5, 0.6) is 0 Å². The van der Waals surface area contributed by atoms with Crippen molar-refractivity contribution in [2.75, 3.05) is 0 Å². The van der Waals surface area contributed by atoms with Gasteiger partial charge in [0.15, 0.2) is 0 Å². The highest BCUT2D eigenvalue weighted by molar-refractivity contribution is 6.83. The van der Waals surface area contributed by atoms with Crippen molar-refractivity contribution in [2.24, 2.45) is 5.73 Å². The monoisotopic (exact) mass is 383 g/mol. The van der Waals surface area contributed by atoms with E-state index in [1.807, 2.05) is 6.07 Å². The first-order valence-corrected chi connectivity index (χ1v) is 13.3. The van der Waals surface area contributed by atoms with E-state index in [0.717, 1.165) is 24.0 Å². The number of carbonyl (C=O) groups excluding carboxylic acids is 1. The van der Waals surface area contributed by atoms with E-state index in [2.05, 4.69) is 79.6 Å². The number of rotatable bonds is 3. The fourth-order valence-electron chi connectivity index (χ4n) is 3.99. The number of hydrogen-bond acceptors (Lipinski definition) is 1. The third-order valence-corrected chi connectivity index (χ3v) is 6.34. The average molecular weight is 384 g/mol. The first kappa shape index (κ1) is 18.5. The largest absolute Gasteiger partial charge is 0.366 e. The molecule has 1 aliphatic carbocycles. The molecule has 140 valence electrons. The van der Waals surface area contributed by atoms with Crippen molar-refractivity contribution in [1.29, 1.82) is 0 Å². The fraction of sp³-hybridized carbons (Fsp3) is 0.240. The number of primary amides is 1. The van der Waals surface area contributed by atoms with Crippen LogP contribution in [0.2, 0.25) is 19.6 Å². The normalized spacial score (nSPS) is 15.0. The Hall–Kier alpha value is -2.83. The van der Waals surface area contributed by atoms with Gasteiger partial charge < -0.3 is 5.73 Å². The molecule has 4 rings (SSSR count). The van der Waals surface area contributed by atoms with Crippen LogP contribution in [-0.4, -0.2) is 14.0 Å². The second kappa shape index (κ2) is 6.65. The van der Waals surface area contributed by atoms with E-state index in [0.29, 0.717) is 5.56 Å². The summed E-state index contributed by atoms with van der Waals surface area (Å²) in [5.41, 5.74) is 12.9. The van der Waals surface area contributed by atoms with Crippen molar-refractivity contribution in [1.82, 2.24) is 0 Å². The highest BCUT2D eigenvalue weighted by Gasteiger charge is 2.48. The molecule has 1 aliphatic rings. The molecule has 0 unspecified atom stereocenters. The van der Waals surface area contributed by atoms with E-state index < -0.39 is 14.0 Å². The summed E-state index contributed by atoms with van der Waals surface area (Å²) < 4.78 is 0. The van der Waals surface area contributed by atoms with Gasteiger partial charge in [-0.25, -0.2) is 0 Å². The van der Waals surface area contributed by atoms with Crippen molar-refractivity contribution >= 4 is 24.8 Å². The summed E-state index contributed by atoms with van der Waals surface area (Å²) in [6.07, 6.45) is 2.12. The van der Waals surface area contributed by atoms with Gasteiger partial charge in [-0.1, -0.05) is 80.2 Å². The summed E-state index contributed by atoms with van der Waals surface area (Å²) in [6.45, 7) is 6.64. The maximum atomic E-state index is 12.2. The van der Waals surface area contributed by atoms with Crippen molar-refractivity contribution in [3.63, 3.8) is 0 Å². The Kier molecular flexibility index (Phi) is 4.40. The minimum Gasteiger partial charge on any atom is -0.366 e. The molecule has 0 bridgehead atoms. The van der Waals surface area contributed by atoms with Crippen molar-refractivity contribution in [3.8, 4) is 11.5 Å². The molecule has 0 atom stereocenters. The maximum Gasteiger partial charge on any atom is 0.249 e. The molecule has 0 aliphatic heterocycles. The molecule has 1 amide bonds. The van der Waals surface area contributed by atoms with E-state index in [1.165, 1.54) is 16.3 Å². The van der Waals surface area contributed by atoms with Gasteiger partial charge in [0.25, 0.3) is 0 Å². The molecule has 2 N–H and O–H groups in total. The topological polar surface area (TPSA) is 43.1 Å². The molecule has 28 heavy (non-hydrogen) atoms.